The summed E-state index contributed by atoms with van der Waals surface area (Å²) in [4.78, 5) is 28.2. The molecule has 170 valence electrons. The molecule has 7 nitrogen and oxygen atoms in total. The molecule has 0 aliphatic carbocycles. The van der Waals surface area contributed by atoms with Gasteiger partial charge in [0.25, 0.3) is 0 Å². The fourth-order valence-electron chi connectivity index (χ4n) is 4.37. The zero-order valence-corrected chi connectivity index (χ0v) is 19.8. The lowest BCUT2D eigenvalue weighted by Gasteiger charge is -2.26. The number of rotatable bonds is 5. The third kappa shape index (κ3) is 4.42. The van der Waals surface area contributed by atoms with Crippen molar-refractivity contribution in [1.29, 1.82) is 0 Å². The van der Waals surface area contributed by atoms with Crippen molar-refractivity contribution in [3.8, 4) is 0 Å². The number of carbonyl (C=O) groups excluding carboxylic acids is 2. The van der Waals surface area contributed by atoms with E-state index in [2.05, 4.69) is 5.32 Å². The lowest BCUT2D eigenvalue weighted by atomic mass is 10.1. The molecule has 1 N–H and O–H groups in total. The number of hydrogen-bond donors (Lipinski definition) is 1. The van der Waals surface area contributed by atoms with Crippen LogP contribution >= 0.6 is 11.8 Å². The molecule has 9 heteroatoms. The molecule has 2 heterocycles. The van der Waals surface area contributed by atoms with Gasteiger partial charge in [-0.05, 0) is 61.1 Å². The molecule has 0 bridgehead atoms. The smallest absolute Gasteiger partial charge is 0.247 e. The maximum absolute atomic E-state index is 13.1. The number of amides is 2. The minimum Gasteiger partial charge on any atom is -0.324 e. The Hall–Kier alpha value is -2.36. The van der Waals surface area contributed by atoms with Crippen molar-refractivity contribution < 1.29 is 18.0 Å². The third-order valence-electron chi connectivity index (χ3n) is 5.97. The monoisotopic (exact) mass is 473 g/mol. The number of nitrogens with one attached hydrogen (secondary N) is 1. The van der Waals surface area contributed by atoms with Crippen LogP contribution < -0.4 is 10.2 Å². The molecule has 1 saturated heterocycles. The van der Waals surface area contributed by atoms with Crippen LogP contribution in [0.5, 0.6) is 0 Å². The molecule has 2 aromatic rings. The molecule has 0 spiro atoms. The highest BCUT2D eigenvalue weighted by atomic mass is 32.2. The Kier molecular flexibility index (Phi) is 6.60. The molecule has 0 radical (unpaired) electrons. The SMILES string of the molecule is CSc1cccc(NC(=O)[C@H]2Cc3cc(S(=O)(=O)N4CCCCC4)ccc3N2C(C)=O)c1. The Bertz CT molecular complexity index is 1140. The van der Waals surface area contributed by atoms with E-state index in [1.54, 1.807) is 36.0 Å². The normalized spacial score (nSPS) is 18.9. The van der Waals surface area contributed by atoms with Crippen LogP contribution in [-0.2, 0) is 26.0 Å². The van der Waals surface area contributed by atoms with E-state index in [1.807, 2.05) is 24.5 Å². The summed E-state index contributed by atoms with van der Waals surface area (Å²) >= 11 is 1.58. The minimum absolute atomic E-state index is 0.218. The van der Waals surface area contributed by atoms with Crippen LogP contribution in [0.1, 0.15) is 31.7 Å². The average molecular weight is 474 g/mol. The molecule has 0 unspecified atom stereocenters. The quantitative estimate of drug-likeness (QED) is 0.672. The van der Waals surface area contributed by atoms with Gasteiger partial charge in [0.15, 0.2) is 0 Å². The van der Waals surface area contributed by atoms with Gasteiger partial charge in [-0.25, -0.2) is 8.42 Å². The fraction of sp³-hybridized carbons (Fsp3) is 0.391. The molecule has 2 aliphatic rings. The zero-order valence-electron chi connectivity index (χ0n) is 18.2. The predicted octanol–water partition coefficient (Wildman–Crippen LogP) is 3.50. The molecule has 0 aromatic heterocycles. The number of anilines is 2. The van der Waals surface area contributed by atoms with Crippen LogP contribution in [0, 0.1) is 0 Å². The minimum atomic E-state index is -3.59. The molecule has 2 aliphatic heterocycles. The van der Waals surface area contributed by atoms with E-state index in [-0.39, 0.29) is 23.1 Å². The Morgan fingerprint density at radius 1 is 1.06 bits per heavy atom. The Labute approximate surface area is 193 Å². The summed E-state index contributed by atoms with van der Waals surface area (Å²) in [5.41, 5.74) is 1.94. The van der Waals surface area contributed by atoms with Crippen molar-refractivity contribution in [1.82, 2.24) is 4.31 Å². The second-order valence-electron chi connectivity index (χ2n) is 8.09. The zero-order chi connectivity index (χ0) is 22.9. The molecule has 1 atom stereocenters. The summed E-state index contributed by atoms with van der Waals surface area (Å²) in [6.45, 7) is 2.47. The van der Waals surface area contributed by atoms with Crippen LogP contribution in [0.15, 0.2) is 52.3 Å². The first-order valence-corrected chi connectivity index (χ1v) is 13.4. The molecule has 1 fully saturated rings. The molecular weight excluding hydrogens is 446 g/mol. The number of thioether (sulfide) groups is 1. The molecular formula is C23H27N3O4S2. The summed E-state index contributed by atoms with van der Waals surface area (Å²) in [5.74, 6) is -0.552. The second-order valence-corrected chi connectivity index (χ2v) is 10.9. The molecule has 0 saturated carbocycles. The van der Waals surface area contributed by atoms with Crippen LogP contribution in [0.2, 0.25) is 0 Å². The Balaban J connectivity index is 1.60. The summed E-state index contributed by atoms with van der Waals surface area (Å²) in [5, 5.41) is 2.90. The van der Waals surface area contributed by atoms with Gasteiger partial charge in [-0.15, -0.1) is 11.8 Å². The predicted molar refractivity (Wildman–Crippen MR) is 127 cm³/mol. The van der Waals surface area contributed by atoms with Crippen LogP contribution in [0.4, 0.5) is 11.4 Å². The highest BCUT2D eigenvalue weighted by Gasteiger charge is 2.38. The highest BCUT2D eigenvalue weighted by Crippen LogP contribution is 2.35. The summed E-state index contributed by atoms with van der Waals surface area (Å²) in [6.07, 6.45) is 5.00. The number of fused-ring (bicyclic) bond motifs is 1. The molecule has 4 rings (SSSR count). The molecule has 32 heavy (non-hydrogen) atoms. The number of hydrogen-bond acceptors (Lipinski definition) is 5. The number of sulfonamides is 1. The lowest BCUT2D eigenvalue weighted by molar-refractivity contribution is -0.122. The van der Waals surface area contributed by atoms with E-state index >= 15 is 0 Å². The maximum Gasteiger partial charge on any atom is 0.247 e. The van der Waals surface area contributed by atoms with E-state index < -0.39 is 16.1 Å². The van der Waals surface area contributed by atoms with Gasteiger partial charge in [0, 0.05) is 42.7 Å². The Morgan fingerprint density at radius 2 is 1.81 bits per heavy atom. The summed E-state index contributed by atoms with van der Waals surface area (Å²) in [6, 6.07) is 11.6. The third-order valence-corrected chi connectivity index (χ3v) is 8.59. The second kappa shape index (κ2) is 9.25. The van der Waals surface area contributed by atoms with E-state index in [1.165, 1.54) is 16.1 Å². The van der Waals surface area contributed by atoms with Gasteiger partial charge in [0.05, 0.1) is 4.90 Å². The standard InChI is InChI=1S/C23H27N3O4S2/c1-16(27)26-21-10-9-20(32(29,30)25-11-4-3-5-12-25)13-17(21)14-22(26)23(28)24-18-7-6-8-19(15-18)31-2/h6-10,13,15,22H,3-5,11-12,14H2,1-2H3,(H,24,28)/t22-/m1/s1. The summed E-state index contributed by atoms with van der Waals surface area (Å²) in [7, 11) is -3.59. The first kappa shape index (κ1) is 22.8. The van der Waals surface area contributed by atoms with Gasteiger partial charge >= 0.3 is 0 Å². The Morgan fingerprint density at radius 3 is 2.50 bits per heavy atom. The number of carbonyl (C=O) groups is 2. The van der Waals surface area contributed by atoms with Gasteiger partial charge in [0.1, 0.15) is 6.04 Å². The van der Waals surface area contributed by atoms with Crippen molar-refractivity contribution in [3.63, 3.8) is 0 Å². The average Bonchev–Trinajstić information content (AvgIpc) is 3.19. The first-order valence-electron chi connectivity index (χ1n) is 10.7. The van der Waals surface area contributed by atoms with Gasteiger partial charge < -0.3 is 5.32 Å². The van der Waals surface area contributed by atoms with Crippen molar-refractivity contribution in [3.05, 3.63) is 48.0 Å². The fourth-order valence-corrected chi connectivity index (χ4v) is 6.40. The van der Waals surface area contributed by atoms with Crippen LogP contribution in [0.3, 0.4) is 0 Å². The number of benzene rings is 2. The molecule has 2 aromatic carbocycles. The van der Waals surface area contributed by atoms with Crippen molar-refractivity contribution in [2.75, 3.05) is 29.6 Å². The van der Waals surface area contributed by atoms with Gasteiger partial charge in [-0.1, -0.05) is 12.5 Å². The van der Waals surface area contributed by atoms with Gasteiger partial charge in [0.2, 0.25) is 21.8 Å². The van der Waals surface area contributed by atoms with Crippen molar-refractivity contribution in [2.24, 2.45) is 0 Å². The summed E-state index contributed by atoms with van der Waals surface area (Å²) < 4.78 is 27.7. The van der Waals surface area contributed by atoms with Gasteiger partial charge in [-0.3, -0.25) is 14.5 Å². The van der Waals surface area contributed by atoms with E-state index in [0.717, 1.165) is 24.2 Å². The molecule has 2 amide bonds. The number of nitrogens with zero attached hydrogens (tertiary/aromatic N) is 2. The van der Waals surface area contributed by atoms with Crippen LogP contribution in [0.25, 0.3) is 0 Å². The highest BCUT2D eigenvalue weighted by molar-refractivity contribution is 7.98. The van der Waals surface area contributed by atoms with Gasteiger partial charge in [-0.2, -0.15) is 4.31 Å². The lowest BCUT2D eigenvalue weighted by Crippen LogP contribution is -2.44. The van der Waals surface area contributed by atoms with E-state index in [4.69, 9.17) is 0 Å². The van der Waals surface area contributed by atoms with Crippen LogP contribution in [-0.4, -0.2) is 49.9 Å². The number of piperidine rings is 1. The van der Waals surface area contributed by atoms with Crippen molar-refractivity contribution >= 4 is 45.0 Å². The topological polar surface area (TPSA) is 86.8 Å². The first-order chi connectivity index (χ1) is 15.3. The van der Waals surface area contributed by atoms with E-state index in [0.29, 0.717) is 30.0 Å². The maximum atomic E-state index is 13.1. The van der Waals surface area contributed by atoms with Crippen molar-refractivity contribution in [2.45, 2.75) is 48.4 Å². The van der Waals surface area contributed by atoms with E-state index in [9.17, 15) is 18.0 Å². The largest absolute Gasteiger partial charge is 0.324 e.